The van der Waals surface area contributed by atoms with Gasteiger partial charge in [0.1, 0.15) is 23.7 Å². The minimum Gasteiger partial charge on any atom is -0.505 e. The van der Waals surface area contributed by atoms with Crippen LogP contribution in [0.4, 0.5) is 5.69 Å². The van der Waals surface area contributed by atoms with E-state index in [0.29, 0.717) is 27.7 Å². The molecule has 0 aliphatic carbocycles. The summed E-state index contributed by atoms with van der Waals surface area (Å²) >= 11 is 0. The van der Waals surface area contributed by atoms with Crippen molar-refractivity contribution in [2.45, 2.75) is 0 Å². The van der Waals surface area contributed by atoms with Gasteiger partial charge in [-0.2, -0.15) is 0 Å². The van der Waals surface area contributed by atoms with E-state index in [-0.39, 0.29) is 22.7 Å². The van der Waals surface area contributed by atoms with Crippen LogP contribution >= 0.6 is 0 Å². The van der Waals surface area contributed by atoms with Gasteiger partial charge in [-0.3, -0.25) is 19.1 Å². The molecule has 1 N–H and O–H groups in total. The maximum absolute atomic E-state index is 13.9. The molecule has 2 aromatic carbocycles. The molecule has 4 heterocycles. The van der Waals surface area contributed by atoms with Crippen LogP contribution in [0.1, 0.15) is 36.8 Å². The number of pyridine rings is 2. The molecule has 1 aliphatic heterocycles. The summed E-state index contributed by atoms with van der Waals surface area (Å²) in [6.07, 6.45) is 6.41. The number of hydrogen-bond acceptors (Lipinski definition) is 5. The molecule has 8 nitrogen and oxygen atoms in total. The summed E-state index contributed by atoms with van der Waals surface area (Å²) in [5, 5.41) is 11.8. The number of rotatable bonds is 3. The third kappa shape index (κ3) is 3.38. The Bertz CT molecular complexity index is 1800. The standard InChI is InChI=1S/C29H19N4O4/c1-31-15-7-9-19(17-31)29(37)33-23-13-5-3-11-21(23)27(35)25(33)24-26(34)20-10-2-4-12-22(20)32(24)28(36)18-8-6-14-30-16-18/h2-17H,1H3/q+1/p+1. The van der Waals surface area contributed by atoms with Crippen LogP contribution in [0.3, 0.4) is 0 Å². The second kappa shape index (κ2) is 8.46. The zero-order valence-corrected chi connectivity index (χ0v) is 19.7. The van der Waals surface area contributed by atoms with Crippen LogP contribution in [0.15, 0.2) is 97.6 Å². The number of para-hydroxylation sites is 2. The molecule has 0 atom stereocenters. The first-order chi connectivity index (χ1) is 18.0. The highest BCUT2D eigenvalue weighted by atomic mass is 16.3. The lowest BCUT2D eigenvalue weighted by molar-refractivity contribution is -0.671. The number of hydrogen-bond donors (Lipinski definition) is 1. The van der Waals surface area contributed by atoms with Crippen LogP contribution in [0.2, 0.25) is 0 Å². The molecule has 0 saturated heterocycles. The summed E-state index contributed by atoms with van der Waals surface area (Å²) in [5.41, 5.74) is 1.54. The number of fused-ring (bicyclic) bond motifs is 2. The second-order valence-electron chi connectivity index (χ2n) is 8.69. The van der Waals surface area contributed by atoms with Crippen molar-refractivity contribution in [1.29, 1.82) is 0 Å². The molecule has 1 amide bonds. The fourth-order valence-electron chi connectivity index (χ4n) is 4.75. The summed E-state index contributed by atoms with van der Waals surface area (Å²) in [7, 11) is 1.79. The van der Waals surface area contributed by atoms with Crippen molar-refractivity contribution in [3.63, 3.8) is 0 Å². The lowest BCUT2D eigenvalue weighted by Crippen LogP contribution is -2.31. The first-order valence-corrected chi connectivity index (χ1v) is 11.6. The molecule has 5 aromatic rings. The molecule has 0 bridgehead atoms. The van der Waals surface area contributed by atoms with Gasteiger partial charge < -0.3 is 5.11 Å². The molecule has 3 aromatic heterocycles. The number of ketones is 1. The summed E-state index contributed by atoms with van der Waals surface area (Å²) in [4.78, 5) is 45.6. The number of carbonyl (C=O) groups excluding carboxylic acids is 3. The zero-order chi connectivity index (χ0) is 25.7. The molecule has 0 radical (unpaired) electrons. The van der Waals surface area contributed by atoms with Crippen LogP contribution < -0.4 is 4.57 Å². The molecule has 178 valence electrons. The van der Waals surface area contributed by atoms with Gasteiger partial charge in [-0.1, -0.05) is 24.3 Å². The van der Waals surface area contributed by atoms with E-state index < -0.39 is 17.6 Å². The Morgan fingerprint density at radius 3 is 2.46 bits per heavy atom. The van der Waals surface area contributed by atoms with Crippen molar-refractivity contribution in [3.05, 3.63) is 120 Å². The summed E-state index contributed by atoms with van der Waals surface area (Å²) in [6.45, 7) is 0. The van der Waals surface area contributed by atoms with Crippen LogP contribution in [0.5, 0.6) is 5.75 Å². The van der Waals surface area contributed by atoms with E-state index in [1.807, 2.05) is 0 Å². The number of amides is 1. The highest BCUT2D eigenvalue weighted by molar-refractivity contribution is 6.53. The second-order valence-corrected chi connectivity index (χ2v) is 8.69. The predicted molar refractivity (Wildman–Crippen MR) is 134 cm³/mol. The van der Waals surface area contributed by atoms with Gasteiger partial charge in [-0.25, -0.2) is 9.36 Å². The zero-order valence-electron chi connectivity index (χ0n) is 19.7. The third-order valence-electron chi connectivity index (χ3n) is 6.40. The number of benzene rings is 2. The molecule has 0 spiro atoms. The quantitative estimate of drug-likeness (QED) is 0.393. The van der Waals surface area contributed by atoms with E-state index in [1.54, 1.807) is 103 Å². The van der Waals surface area contributed by atoms with Crippen molar-refractivity contribution in [2.75, 3.05) is 0 Å². The van der Waals surface area contributed by atoms with Gasteiger partial charge in [0.2, 0.25) is 5.69 Å². The van der Waals surface area contributed by atoms with Gasteiger partial charge >= 0.3 is 5.91 Å². The Kier molecular flexibility index (Phi) is 5.08. The van der Waals surface area contributed by atoms with Gasteiger partial charge in [-0.15, -0.1) is 4.58 Å². The molecular formula is C29H20N4O4+2. The van der Waals surface area contributed by atoms with E-state index >= 15 is 0 Å². The maximum atomic E-state index is 13.9. The normalized spacial score (nSPS) is 12.7. The number of Topliss-reactive ketones (excluding diaryl/α,β-unsaturated/α-hetero) is 1. The summed E-state index contributed by atoms with van der Waals surface area (Å²) < 4.78 is 4.31. The SMILES string of the molecule is C[n+]1cccc(C(=O)n2c(C3=[N+](C(=O)c4cccnc4)c4ccccc4C3=O)c(O)c3ccccc32)c1. The Hall–Kier alpha value is -5.24. The smallest absolute Gasteiger partial charge is 0.427 e. The van der Waals surface area contributed by atoms with Gasteiger partial charge in [-0.05, 0) is 36.4 Å². The molecule has 0 unspecified atom stereocenters. The molecule has 8 heteroatoms. The van der Waals surface area contributed by atoms with Gasteiger partial charge in [0.15, 0.2) is 23.8 Å². The molecule has 37 heavy (non-hydrogen) atoms. The molecule has 6 rings (SSSR count). The van der Waals surface area contributed by atoms with Crippen LogP contribution in [0.25, 0.3) is 10.9 Å². The number of aromatic hydroxyl groups is 1. The largest absolute Gasteiger partial charge is 0.505 e. The Balaban J connectivity index is 1.71. The van der Waals surface area contributed by atoms with Crippen molar-refractivity contribution >= 4 is 39.9 Å². The molecule has 0 fully saturated rings. The number of nitrogens with zero attached hydrogens (tertiary/aromatic N) is 4. The minimum atomic E-state index is -0.504. The summed E-state index contributed by atoms with van der Waals surface area (Å²) in [6, 6.07) is 20.2. The Morgan fingerprint density at radius 2 is 1.68 bits per heavy atom. The maximum Gasteiger partial charge on any atom is 0.427 e. The number of aryl methyl sites for hydroxylation is 1. The van der Waals surface area contributed by atoms with Gasteiger partial charge in [0.25, 0.3) is 17.4 Å². The highest BCUT2D eigenvalue weighted by Gasteiger charge is 2.47. The Morgan fingerprint density at radius 1 is 0.919 bits per heavy atom. The minimum absolute atomic E-state index is 0.0452. The average Bonchev–Trinajstić information content (AvgIpc) is 3.39. The molecular weight excluding hydrogens is 468 g/mol. The lowest BCUT2D eigenvalue weighted by atomic mass is 10.1. The molecule has 0 saturated carbocycles. The lowest BCUT2D eigenvalue weighted by Gasteiger charge is -2.08. The van der Waals surface area contributed by atoms with E-state index in [1.165, 1.54) is 15.3 Å². The van der Waals surface area contributed by atoms with Crippen LogP contribution in [-0.2, 0) is 7.05 Å². The van der Waals surface area contributed by atoms with E-state index in [4.69, 9.17) is 0 Å². The Labute approximate surface area is 211 Å². The monoisotopic (exact) mass is 488 g/mol. The van der Waals surface area contributed by atoms with Crippen LogP contribution in [-0.4, -0.2) is 42.5 Å². The van der Waals surface area contributed by atoms with E-state index in [2.05, 4.69) is 4.98 Å². The van der Waals surface area contributed by atoms with Crippen molar-refractivity contribution in [1.82, 2.24) is 9.55 Å². The average molecular weight is 489 g/mol. The van der Waals surface area contributed by atoms with Crippen LogP contribution in [0, 0.1) is 0 Å². The first-order valence-electron chi connectivity index (χ1n) is 11.6. The van der Waals surface area contributed by atoms with Crippen molar-refractivity contribution in [2.24, 2.45) is 7.05 Å². The number of aromatic nitrogens is 3. The van der Waals surface area contributed by atoms with E-state index in [9.17, 15) is 19.5 Å². The molecule has 1 aliphatic rings. The van der Waals surface area contributed by atoms with Gasteiger partial charge in [0, 0.05) is 29.9 Å². The first kappa shape index (κ1) is 22.2. The summed E-state index contributed by atoms with van der Waals surface area (Å²) in [5.74, 6) is -1.69. The van der Waals surface area contributed by atoms with Gasteiger partial charge in [0.05, 0.1) is 5.52 Å². The topological polar surface area (TPSA) is 96.2 Å². The van der Waals surface area contributed by atoms with Crippen molar-refractivity contribution < 1.29 is 28.6 Å². The van der Waals surface area contributed by atoms with Crippen molar-refractivity contribution in [3.8, 4) is 5.75 Å². The number of carbonyl (C=O) groups is 3. The highest BCUT2D eigenvalue weighted by Crippen LogP contribution is 2.38. The fourth-order valence-corrected chi connectivity index (χ4v) is 4.75. The van der Waals surface area contributed by atoms with E-state index in [0.717, 1.165) is 0 Å². The predicted octanol–water partition coefficient (Wildman–Crippen LogP) is 3.42. The third-order valence-corrected chi connectivity index (χ3v) is 6.40. The fraction of sp³-hybridized carbons (Fsp3) is 0.0345.